The maximum absolute atomic E-state index is 14.3. The van der Waals surface area contributed by atoms with Gasteiger partial charge in [0, 0.05) is 66.4 Å². The molecule has 2 aromatic heterocycles. The summed E-state index contributed by atoms with van der Waals surface area (Å²) < 4.78 is 109. The monoisotopic (exact) mass is 554 g/mol. The van der Waals surface area contributed by atoms with Crippen molar-refractivity contribution in [3.05, 3.63) is 22.7 Å². The molecule has 4 aliphatic heterocycles. The highest BCUT2D eigenvalue weighted by atomic mass is 32.1. The smallest absolute Gasteiger partial charge is 0.369 e. The molecule has 2 bridgehead atoms. The van der Waals surface area contributed by atoms with Crippen LogP contribution in [0.15, 0.2) is 12.3 Å². The lowest BCUT2D eigenvalue weighted by molar-refractivity contribution is -0.170. The second-order valence-corrected chi connectivity index (χ2v) is 11.9. The normalized spacial score (nSPS) is 28.5. The predicted molar refractivity (Wildman–Crippen MR) is 119 cm³/mol. The van der Waals surface area contributed by atoms with E-state index in [-0.39, 0.29) is 59.8 Å². The molecule has 0 radical (unpaired) electrons. The molecule has 0 aromatic carbocycles. The fourth-order valence-corrected chi connectivity index (χ4v) is 7.47. The second kappa shape index (κ2) is 7.90. The average Bonchev–Trinajstić information content (AvgIpc) is 3.10. The standard InChI is InChI=1S/C23H22F8N4OS/c24-21(25)4-11-1-2-14(21)16(33-11)19(36)35-9-20(10-35)7-34(8-20)17-13-3-12(5-22(26,27)28)37-18(13)32-6-15(17)23(29,30)31/h3,6,11,14,16,33H,1-2,4-5,7-10H2/t11-,14-,16-/m0/s1. The number of hydrogen-bond acceptors (Lipinski definition) is 5. The largest absolute Gasteiger partial charge is 0.419 e. The molecule has 1 saturated carbocycles. The number of pyridine rings is 1. The fourth-order valence-electron chi connectivity index (χ4n) is 6.44. The summed E-state index contributed by atoms with van der Waals surface area (Å²) in [6.45, 7) is 0.817. The van der Waals surface area contributed by atoms with Crippen molar-refractivity contribution in [1.29, 1.82) is 0 Å². The van der Waals surface area contributed by atoms with Crippen LogP contribution in [0.25, 0.3) is 10.2 Å². The number of hydrogen-bond donors (Lipinski definition) is 1. The van der Waals surface area contributed by atoms with Crippen LogP contribution < -0.4 is 10.2 Å². The summed E-state index contributed by atoms with van der Waals surface area (Å²) in [5, 5.41) is 3.04. The van der Waals surface area contributed by atoms with E-state index in [0.717, 1.165) is 6.07 Å². The molecule has 1 N–H and O–H groups in total. The fraction of sp³-hybridized carbons (Fsp3) is 0.652. The Hall–Kier alpha value is -2.22. The molecule has 1 aliphatic carbocycles. The summed E-state index contributed by atoms with van der Waals surface area (Å²) in [5.41, 5.74) is -1.71. The lowest BCUT2D eigenvalue weighted by atomic mass is 9.70. The van der Waals surface area contributed by atoms with Crippen LogP contribution in [0.5, 0.6) is 0 Å². The van der Waals surface area contributed by atoms with Crippen molar-refractivity contribution < 1.29 is 39.9 Å². The van der Waals surface area contributed by atoms with E-state index in [1.54, 1.807) is 0 Å². The Morgan fingerprint density at radius 3 is 2.41 bits per heavy atom. The van der Waals surface area contributed by atoms with Gasteiger partial charge in [0.05, 0.1) is 23.7 Å². The van der Waals surface area contributed by atoms with Gasteiger partial charge in [0.15, 0.2) is 0 Å². The molecule has 4 saturated heterocycles. The van der Waals surface area contributed by atoms with Gasteiger partial charge in [-0.15, -0.1) is 11.3 Å². The quantitative estimate of drug-likeness (QED) is 0.552. The molecule has 7 rings (SSSR count). The van der Waals surface area contributed by atoms with Crippen LogP contribution in [0.3, 0.4) is 0 Å². The number of anilines is 1. The summed E-state index contributed by atoms with van der Waals surface area (Å²) in [6, 6.07) is -0.256. The molecule has 202 valence electrons. The SMILES string of the molecule is O=C([C@H]1N[C@H]2CC[C@@H]1C(F)(F)C2)N1CC2(C1)CN(c1c(C(F)(F)F)cnc3sc(CC(F)(F)F)cc13)C2. The number of nitrogens with one attached hydrogen (secondary N) is 1. The third kappa shape index (κ3) is 4.23. The molecule has 14 heteroatoms. The summed E-state index contributed by atoms with van der Waals surface area (Å²) in [5.74, 6) is -4.38. The number of thiophene rings is 1. The lowest BCUT2D eigenvalue weighted by Gasteiger charge is -2.62. The molecule has 5 fully saturated rings. The molecule has 6 heterocycles. The van der Waals surface area contributed by atoms with E-state index in [1.165, 1.54) is 9.80 Å². The minimum Gasteiger partial charge on any atom is -0.369 e. The molecule has 1 spiro atoms. The van der Waals surface area contributed by atoms with Crippen molar-refractivity contribution >= 4 is 33.1 Å². The Balaban J connectivity index is 1.19. The van der Waals surface area contributed by atoms with E-state index in [9.17, 15) is 39.9 Å². The zero-order valence-corrected chi connectivity index (χ0v) is 20.0. The number of carbonyl (C=O) groups excluding carboxylic acids is 1. The number of fused-ring (bicyclic) bond motifs is 4. The number of alkyl halides is 8. The molecule has 2 aromatic rings. The van der Waals surface area contributed by atoms with Gasteiger partial charge in [0.1, 0.15) is 4.83 Å². The van der Waals surface area contributed by atoms with Gasteiger partial charge >= 0.3 is 12.4 Å². The van der Waals surface area contributed by atoms with Gasteiger partial charge in [-0.3, -0.25) is 4.79 Å². The molecule has 0 unspecified atom stereocenters. The second-order valence-electron chi connectivity index (χ2n) is 10.8. The van der Waals surface area contributed by atoms with Crippen molar-refractivity contribution in [3.8, 4) is 0 Å². The van der Waals surface area contributed by atoms with Crippen LogP contribution in [-0.2, 0) is 17.4 Å². The van der Waals surface area contributed by atoms with E-state index in [0.29, 0.717) is 24.0 Å². The first kappa shape index (κ1) is 25.1. The Morgan fingerprint density at radius 2 is 1.81 bits per heavy atom. The van der Waals surface area contributed by atoms with Crippen LogP contribution in [0.2, 0.25) is 0 Å². The lowest BCUT2D eigenvalue weighted by Crippen LogP contribution is -2.76. The minimum absolute atomic E-state index is 0.0193. The number of carbonyl (C=O) groups is 1. The molecule has 37 heavy (non-hydrogen) atoms. The maximum atomic E-state index is 14.3. The average molecular weight is 555 g/mol. The van der Waals surface area contributed by atoms with Gasteiger partial charge < -0.3 is 15.1 Å². The zero-order chi connectivity index (χ0) is 26.5. The number of amides is 1. The van der Waals surface area contributed by atoms with E-state index in [1.807, 2.05) is 0 Å². The Labute approximate surface area is 209 Å². The van der Waals surface area contributed by atoms with Crippen LogP contribution in [0.4, 0.5) is 40.8 Å². The molecule has 1 amide bonds. The van der Waals surface area contributed by atoms with E-state index < -0.39 is 59.6 Å². The number of nitrogens with zero attached hydrogens (tertiary/aromatic N) is 3. The van der Waals surface area contributed by atoms with Crippen molar-refractivity contribution in [3.63, 3.8) is 0 Å². The third-order valence-electron chi connectivity index (χ3n) is 7.97. The number of rotatable bonds is 3. The van der Waals surface area contributed by atoms with E-state index in [4.69, 9.17) is 0 Å². The topological polar surface area (TPSA) is 48.5 Å². The molecular weight excluding hydrogens is 532 g/mol. The number of likely N-dealkylation sites (tertiary alicyclic amines) is 1. The van der Waals surface area contributed by atoms with Crippen LogP contribution >= 0.6 is 11.3 Å². The third-order valence-corrected chi connectivity index (χ3v) is 9.01. The predicted octanol–water partition coefficient (Wildman–Crippen LogP) is 4.84. The first-order chi connectivity index (χ1) is 17.1. The van der Waals surface area contributed by atoms with Crippen molar-refractivity contribution in [2.45, 2.75) is 56.0 Å². The number of aromatic nitrogens is 1. The Kier molecular flexibility index (Phi) is 5.36. The van der Waals surface area contributed by atoms with Crippen LogP contribution in [0.1, 0.15) is 29.7 Å². The zero-order valence-electron chi connectivity index (χ0n) is 19.2. The highest BCUT2D eigenvalue weighted by Gasteiger charge is 2.60. The van der Waals surface area contributed by atoms with Gasteiger partial charge in [0.25, 0.3) is 5.92 Å². The summed E-state index contributed by atoms with van der Waals surface area (Å²) >= 11 is 0.709. The van der Waals surface area contributed by atoms with Gasteiger partial charge in [-0.1, -0.05) is 0 Å². The van der Waals surface area contributed by atoms with Crippen LogP contribution in [-0.4, -0.2) is 66.2 Å². The molecule has 5 nitrogen and oxygen atoms in total. The minimum atomic E-state index is -4.76. The molecular formula is C23H22F8N4OS. The Morgan fingerprint density at radius 1 is 1.11 bits per heavy atom. The first-order valence-electron chi connectivity index (χ1n) is 11.9. The highest BCUT2D eigenvalue weighted by Crippen LogP contribution is 2.50. The van der Waals surface area contributed by atoms with Gasteiger partial charge in [-0.05, 0) is 18.9 Å². The van der Waals surface area contributed by atoms with Crippen molar-refractivity contribution in [2.75, 3.05) is 31.1 Å². The highest BCUT2D eigenvalue weighted by molar-refractivity contribution is 7.18. The van der Waals surface area contributed by atoms with E-state index in [2.05, 4.69) is 10.3 Å². The van der Waals surface area contributed by atoms with Gasteiger partial charge in [0.2, 0.25) is 5.91 Å². The van der Waals surface area contributed by atoms with Gasteiger partial charge in [-0.25, -0.2) is 13.8 Å². The molecule has 5 aliphatic rings. The number of halogens is 8. The summed E-state index contributed by atoms with van der Waals surface area (Å²) in [6.07, 6.45) is -9.29. The van der Waals surface area contributed by atoms with Crippen molar-refractivity contribution in [2.24, 2.45) is 11.3 Å². The first-order valence-corrected chi connectivity index (χ1v) is 12.7. The number of piperidine rings is 2. The Bertz CT molecular complexity index is 1240. The molecule has 3 atom stereocenters. The van der Waals surface area contributed by atoms with E-state index >= 15 is 0 Å². The van der Waals surface area contributed by atoms with Crippen LogP contribution in [0, 0.1) is 11.3 Å². The summed E-state index contributed by atoms with van der Waals surface area (Å²) in [4.78, 5) is 19.7. The van der Waals surface area contributed by atoms with Crippen molar-refractivity contribution in [1.82, 2.24) is 15.2 Å². The summed E-state index contributed by atoms with van der Waals surface area (Å²) in [7, 11) is 0. The maximum Gasteiger partial charge on any atom is 0.419 e. The van der Waals surface area contributed by atoms with Gasteiger partial charge in [-0.2, -0.15) is 26.3 Å².